The molecule has 0 unspecified atom stereocenters. The van der Waals surface area contributed by atoms with Gasteiger partial charge in [-0.2, -0.15) is 0 Å². The first-order valence-corrected chi connectivity index (χ1v) is 11.0. The lowest BCUT2D eigenvalue weighted by Gasteiger charge is -2.23. The van der Waals surface area contributed by atoms with E-state index in [2.05, 4.69) is 101 Å². The molecule has 3 nitrogen and oxygen atoms in total. The van der Waals surface area contributed by atoms with Crippen LogP contribution in [0.3, 0.4) is 0 Å². The van der Waals surface area contributed by atoms with E-state index in [1.807, 2.05) is 12.3 Å². The number of benzene rings is 4. The van der Waals surface area contributed by atoms with E-state index in [0.29, 0.717) is 0 Å². The molecule has 0 N–H and O–H groups in total. The van der Waals surface area contributed by atoms with Crippen molar-refractivity contribution in [2.75, 3.05) is 0 Å². The van der Waals surface area contributed by atoms with Crippen LogP contribution < -0.4 is 0 Å². The molecule has 0 saturated carbocycles. The minimum atomic E-state index is -0.0906. The molecule has 0 radical (unpaired) electrons. The van der Waals surface area contributed by atoms with Crippen molar-refractivity contribution in [2.24, 2.45) is 0 Å². The Balaban J connectivity index is 1.86. The highest BCUT2D eigenvalue weighted by Gasteiger charge is 2.39. The summed E-state index contributed by atoms with van der Waals surface area (Å²) in [6, 6.07) is 28.4. The van der Waals surface area contributed by atoms with Gasteiger partial charge in [0.05, 0.1) is 11.0 Å². The first kappa shape index (κ1) is 17.7. The van der Waals surface area contributed by atoms with E-state index in [4.69, 9.17) is 0 Å². The van der Waals surface area contributed by atoms with E-state index in [-0.39, 0.29) is 5.41 Å². The molecule has 6 aromatic rings. The van der Waals surface area contributed by atoms with Crippen LogP contribution in [0, 0.1) is 0 Å². The van der Waals surface area contributed by atoms with E-state index in [9.17, 15) is 0 Å². The second kappa shape index (κ2) is 6.04. The summed E-state index contributed by atoms with van der Waals surface area (Å²) in [5.41, 5.74) is 7.74. The van der Waals surface area contributed by atoms with Crippen LogP contribution in [0.15, 0.2) is 91.4 Å². The topological polar surface area (TPSA) is 30.7 Å². The summed E-state index contributed by atoms with van der Waals surface area (Å²) >= 11 is 0. The second-order valence-corrected chi connectivity index (χ2v) is 9.11. The van der Waals surface area contributed by atoms with Crippen molar-refractivity contribution >= 4 is 32.6 Å². The molecule has 0 fully saturated rings. The Kier molecular flexibility index (Phi) is 3.34. The van der Waals surface area contributed by atoms with Gasteiger partial charge in [-0.25, -0.2) is 9.97 Å². The number of nitrogens with zero attached hydrogens (tertiary/aromatic N) is 3. The lowest BCUT2D eigenvalue weighted by Crippen LogP contribution is -2.15. The van der Waals surface area contributed by atoms with Gasteiger partial charge in [0.2, 0.25) is 0 Å². The lowest BCUT2D eigenvalue weighted by molar-refractivity contribution is 0.666. The monoisotopic (exact) mass is 411 g/mol. The quantitative estimate of drug-likeness (QED) is 0.291. The molecule has 0 saturated heterocycles. The van der Waals surface area contributed by atoms with Crippen LogP contribution in [0.25, 0.3) is 49.5 Å². The standard InChI is InChI=1S/C29H21N3/c1-29(2)22-13-7-5-11-20(22)26-27(29)19-10-4-3-9-18(19)25-21-12-6-8-14-23(21)32(28(25)26)24-15-16-30-17-31-24/h3-17H,1-2H3. The highest BCUT2D eigenvalue weighted by atomic mass is 15.1. The SMILES string of the molecule is CC1(C)c2ccccc2-c2c1c1ccccc1c1c3ccccc3n(-c3ccncn3)c21. The van der Waals surface area contributed by atoms with Crippen LogP contribution in [0.1, 0.15) is 25.0 Å². The number of fused-ring (bicyclic) bond motifs is 10. The Morgan fingerprint density at radius 3 is 2.28 bits per heavy atom. The van der Waals surface area contributed by atoms with Crippen molar-refractivity contribution in [3.63, 3.8) is 0 Å². The maximum Gasteiger partial charge on any atom is 0.140 e. The molecular weight excluding hydrogens is 390 g/mol. The number of rotatable bonds is 1. The number of hydrogen-bond donors (Lipinski definition) is 0. The van der Waals surface area contributed by atoms with Gasteiger partial charge in [-0.05, 0) is 39.6 Å². The molecular formula is C29H21N3. The van der Waals surface area contributed by atoms with Gasteiger partial charge in [-0.3, -0.25) is 4.57 Å². The summed E-state index contributed by atoms with van der Waals surface area (Å²) in [7, 11) is 0. The van der Waals surface area contributed by atoms with Crippen molar-refractivity contribution in [3.05, 3.63) is 103 Å². The Morgan fingerprint density at radius 2 is 1.47 bits per heavy atom. The molecule has 1 aliphatic carbocycles. The van der Waals surface area contributed by atoms with Crippen molar-refractivity contribution in [1.82, 2.24) is 14.5 Å². The third-order valence-corrected chi connectivity index (χ3v) is 7.12. The Labute approximate surface area is 186 Å². The fourth-order valence-electron chi connectivity index (χ4n) is 5.87. The van der Waals surface area contributed by atoms with Crippen molar-refractivity contribution in [1.29, 1.82) is 0 Å². The zero-order chi connectivity index (χ0) is 21.4. The number of hydrogen-bond acceptors (Lipinski definition) is 2. The molecule has 0 amide bonds. The van der Waals surface area contributed by atoms with Crippen LogP contribution in [0.4, 0.5) is 0 Å². The largest absolute Gasteiger partial charge is 0.293 e. The Bertz CT molecular complexity index is 1690. The third kappa shape index (κ3) is 2.06. The second-order valence-electron chi connectivity index (χ2n) is 9.11. The Hall–Kier alpha value is -3.98. The lowest BCUT2D eigenvalue weighted by atomic mass is 9.79. The fraction of sp³-hybridized carbons (Fsp3) is 0.103. The average molecular weight is 412 g/mol. The van der Waals surface area contributed by atoms with Gasteiger partial charge >= 0.3 is 0 Å². The van der Waals surface area contributed by atoms with Crippen LogP contribution in [0.5, 0.6) is 0 Å². The number of para-hydroxylation sites is 1. The predicted molar refractivity (Wildman–Crippen MR) is 131 cm³/mol. The van der Waals surface area contributed by atoms with Crippen LogP contribution in [-0.2, 0) is 5.41 Å². The third-order valence-electron chi connectivity index (χ3n) is 7.12. The maximum absolute atomic E-state index is 4.67. The summed E-state index contributed by atoms with van der Waals surface area (Å²) in [5.74, 6) is 0.894. The Morgan fingerprint density at radius 1 is 0.750 bits per heavy atom. The zero-order valence-corrected chi connectivity index (χ0v) is 18.0. The van der Waals surface area contributed by atoms with Gasteiger partial charge in [0.25, 0.3) is 0 Å². The highest BCUT2D eigenvalue weighted by molar-refractivity contribution is 6.27. The molecule has 2 heterocycles. The van der Waals surface area contributed by atoms with Crippen molar-refractivity contribution < 1.29 is 0 Å². The number of aromatic nitrogens is 3. The maximum atomic E-state index is 4.67. The normalized spacial score (nSPS) is 14.2. The van der Waals surface area contributed by atoms with E-state index in [1.165, 1.54) is 54.8 Å². The van der Waals surface area contributed by atoms with E-state index in [0.717, 1.165) is 5.82 Å². The van der Waals surface area contributed by atoms with Gasteiger partial charge in [0.1, 0.15) is 12.1 Å². The van der Waals surface area contributed by atoms with E-state index in [1.54, 1.807) is 6.33 Å². The molecule has 2 aromatic heterocycles. The summed E-state index contributed by atoms with van der Waals surface area (Å²) in [4.78, 5) is 8.84. The molecule has 0 bridgehead atoms. The van der Waals surface area contributed by atoms with Crippen LogP contribution in [-0.4, -0.2) is 14.5 Å². The highest BCUT2D eigenvalue weighted by Crippen LogP contribution is 2.55. The van der Waals surface area contributed by atoms with Crippen LogP contribution >= 0.6 is 0 Å². The first-order chi connectivity index (χ1) is 15.7. The van der Waals surface area contributed by atoms with Gasteiger partial charge in [-0.1, -0.05) is 80.6 Å². The minimum Gasteiger partial charge on any atom is -0.293 e. The van der Waals surface area contributed by atoms with Crippen LogP contribution in [0.2, 0.25) is 0 Å². The fourth-order valence-corrected chi connectivity index (χ4v) is 5.87. The molecule has 0 aliphatic heterocycles. The predicted octanol–water partition coefficient (Wildman–Crippen LogP) is 7.03. The summed E-state index contributed by atoms with van der Waals surface area (Å²) < 4.78 is 2.33. The van der Waals surface area contributed by atoms with Gasteiger partial charge in [0.15, 0.2) is 0 Å². The molecule has 7 rings (SSSR count). The summed E-state index contributed by atoms with van der Waals surface area (Å²) in [6.07, 6.45) is 3.46. The minimum absolute atomic E-state index is 0.0906. The van der Waals surface area contributed by atoms with E-state index >= 15 is 0 Å². The molecule has 0 atom stereocenters. The average Bonchev–Trinajstić information content (AvgIpc) is 3.30. The molecule has 4 aromatic carbocycles. The molecule has 152 valence electrons. The summed E-state index contributed by atoms with van der Waals surface area (Å²) in [6.45, 7) is 4.71. The molecule has 0 spiro atoms. The zero-order valence-electron chi connectivity index (χ0n) is 18.0. The van der Waals surface area contributed by atoms with Gasteiger partial charge in [0, 0.05) is 27.9 Å². The van der Waals surface area contributed by atoms with Gasteiger partial charge in [-0.15, -0.1) is 0 Å². The van der Waals surface area contributed by atoms with E-state index < -0.39 is 0 Å². The molecule has 1 aliphatic rings. The molecule has 32 heavy (non-hydrogen) atoms. The molecule has 3 heteroatoms. The van der Waals surface area contributed by atoms with Crippen molar-refractivity contribution in [3.8, 4) is 16.9 Å². The van der Waals surface area contributed by atoms with Crippen molar-refractivity contribution in [2.45, 2.75) is 19.3 Å². The smallest absolute Gasteiger partial charge is 0.140 e. The first-order valence-electron chi connectivity index (χ1n) is 11.0. The van der Waals surface area contributed by atoms with Gasteiger partial charge < -0.3 is 0 Å². The summed E-state index contributed by atoms with van der Waals surface area (Å²) in [5, 5.41) is 5.18.